The van der Waals surface area contributed by atoms with Gasteiger partial charge in [0.2, 0.25) is 15.9 Å². The number of hydrogen-bond acceptors (Lipinski definition) is 5. The van der Waals surface area contributed by atoms with Crippen LogP contribution in [0.1, 0.15) is 40.5 Å². The first-order valence-corrected chi connectivity index (χ1v) is 8.17. The Morgan fingerprint density at radius 2 is 1.75 bits per heavy atom. The monoisotopic (exact) mass is 308 g/mol. The number of esters is 1. The van der Waals surface area contributed by atoms with Gasteiger partial charge in [-0.05, 0) is 20.8 Å². The second kappa shape index (κ2) is 8.21. The molecule has 118 valence electrons. The number of amides is 1. The maximum Gasteiger partial charge on any atom is 0.306 e. The summed E-state index contributed by atoms with van der Waals surface area (Å²) in [7, 11) is -3.34. The van der Waals surface area contributed by atoms with Crippen molar-refractivity contribution in [3.05, 3.63) is 0 Å². The zero-order chi connectivity index (χ0) is 15.8. The first-order chi connectivity index (χ1) is 9.06. The summed E-state index contributed by atoms with van der Waals surface area (Å²) in [5.74, 6) is -1.01. The third-order valence-electron chi connectivity index (χ3n) is 2.03. The van der Waals surface area contributed by atoms with Crippen LogP contribution >= 0.6 is 0 Å². The van der Waals surface area contributed by atoms with Crippen LogP contribution in [-0.4, -0.2) is 44.7 Å². The van der Waals surface area contributed by atoms with Gasteiger partial charge in [0.05, 0.1) is 12.2 Å². The van der Waals surface area contributed by atoms with E-state index in [2.05, 4.69) is 10.0 Å². The predicted molar refractivity (Wildman–Crippen MR) is 75.6 cm³/mol. The van der Waals surface area contributed by atoms with Crippen LogP contribution in [-0.2, 0) is 24.3 Å². The standard InChI is InChI=1S/C12H24N2O5S/c1-5-14-20(17,18)9-8-13-10(15)6-7-11(16)19-12(2,3)4/h14H,5-9H2,1-4H3,(H,13,15). The summed E-state index contributed by atoms with van der Waals surface area (Å²) in [5, 5.41) is 2.45. The molecule has 0 atom stereocenters. The van der Waals surface area contributed by atoms with Crippen LogP contribution in [0.3, 0.4) is 0 Å². The smallest absolute Gasteiger partial charge is 0.306 e. The quantitative estimate of drug-likeness (QED) is 0.622. The summed E-state index contributed by atoms with van der Waals surface area (Å²) in [6, 6.07) is 0. The molecule has 0 saturated heterocycles. The zero-order valence-electron chi connectivity index (χ0n) is 12.5. The molecule has 0 bridgehead atoms. The van der Waals surface area contributed by atoms with Gasteiger partial charge in [-0.3, -0.25) is 9.59 Å². The minimum absolute atomic E-state index is 0.0164. The summed E-state index contributed by atoms with van der Waals surface area (Å²) < 4.78 is 30.0. The molecule has 0 aliphatic carbocycles. The second-order valence-electron chi connectivity index (χ2n) is 5.25. The fourth-order valence-electron chi connectivity index (χ4n) is 1.31. The average Bonchev–Trinajstić information content (AvgIpc) is 2.23. The van der Waals surface area contributed by atoms with Crippen molar-refractivity contribution in [2.75, 3.05) is 18.8 Å². The molecule has 0 aromatic heterocycles. The van der Waals surface area contributed by atoms with Crippen molar-refractivity contribution in [1.29, 1.82) is 0 Å². The second-order valence-corrected chi connectivity index (χ2v) is 7.18. The Kier molecular flexibility index (Phi) is 7.74. The van der Waals surface area contributed by atoms with Gasteiger partial charge in [0, 0.05) is 19.5 Å². The molecule has 2 N–H and O–H groups in total. The van der Waals surface area contributed by atoms with E-state index in [9.17, 15) is 18.0 Å². The molecule has 0 spiro atoms. The molecule has 7 nitrogen and oxygen atoms in total. The van der Waals surface area contributed by atoms with Crippen LogP contribution < -0.4 is 10.0 Å². The van der Waals surface area contributed by atoms with Gasteiger partial charge in [-0.2, -0.15) is 0 Å². The fourth-order valence-corrected chi connectivity index (χ4v) is 2.27. The highest BCUT2D eigenvalue weighted by Gasteiger charge is 2.17. The SMILES string of the molecule is CCNS(=O)(=O)CCNC(=O)CCC(=O)OC(C)(C)C. The molecule has 0 rings (SSSR count). The van der Waals surface area contributed by atoms with Crippen LogP contribution in [0.15, 0.2) is 0 Å². The Bertz CT molecular complexity index is 426. The van der Waals surface area contributed by atoms with Gasteiger partial charge in [0.15, 0.2) is 0 Å². The molecule has 0 saturated carbocycles. The van der Waals surface area contributed by atoms with Gasteiger partial charge in [-0.25, -0.2) is 13.1 Å². The Morgan fingerprint density at radius 1 is 1.15 bits per heavy atom. The molecule has 0 aliphatic rings. The van der Waals surface area contributed by atoms with Crippen molar-refractivity contribution in [1.82, 2.24) is 10.0 Å². The molecule has 0 aromatic carbocycles. The topological polar surface area (TPSA) is 102 Å². The number of carbonyl (C=O) groups excluding carboxylic acids is 2. The normalized spacial score (nSPS) is 12.0. The maximum atomic E-state index is 11.4. The highest BCUT2D eigenvalue weighted by Crippen LogP contribution is 2.08. The van der Waals surface area contributed by atoms with E-state index in [4.69, 9.17) is 4.74 Å². The molecular formula is C12H24N2O5S. The lowest BCUT2D eigenvalue weighted by atomic mass is 10.2. The summed E-state index contributed by atoms with van der Waals surface area (Å²) in [6.45, 7) is 7.25. The van der Waals surface area contributed by atoms with Crippen LogP contribution in [0, 0.1) is 0 Å². The zero-order valence-corrected chi connectivity index (χ0v) is 13.3. The highest BCUT2D eigenvalue weighted by molar-refractivity contribution is 7.89. The van der Waals surface area contributed by atoms with Crippen molar-refractivity contribution in [3.8, 4) is 0 Å². The Morgan fingerprint density at radius 3 is 2.25 bits per heavy atom. The van der Waals surface area contributed by atoms with Crippen molar-refractivity contribution in [3.63, 3.8) is 0 Å². The van der Waals surface area contributed by atoms with Gasteiger partial charge < -0.3 is 10.1 Å². The average molecular weight is 308 g/mol. The number of rotatable bonds is 8. The minimum Gasteiger partial charge on any atom is -0.460 e. The molecule has 0 fully saturated rings. The lowest BCUT2D eigenvalue weighted by Crippen LogP contribution is -2.34. The van der Waals surface area contributed by atoms with Gasteiger partial charge in [-0.15, -0.1) is 0 Å². The van der Waals surface area contributed by atoms with Crippen molar-refractivity contribution in [2.45, 2.75) is 46.1 Å². The van der Waals surface area contributed by atoms with E-state index in [1.54, 1.807) is 27.7 Å². The molecule has 0 aliphatic heterocycles. The lowest BCUT2D eigenvalue weighted by molar-refractivity contribution is -0.155. The van der Waals surface area contributed by atoms with Crippen molar-refractivity contribution < 1.29 is 22.7 Å². The van der Waals surface area contributed by atoms with E-state index in [0.717, 1.165) is 0 Å². The largest absolute Gasteiger partial charge is 0.460 e. The number of hydrogen-bond donors (Lipinski definition) is 2. The van der Waals surface area contributed by atoms with Gasteiger partial charge in [-0.1, -0.05) is 6.92 Å². The van der Waals surface area contributed by atoms with Gasteiger partial charge in [0.1, 0.15) is 5.60 Å². The lowest BCUT2D eigenvalue weighted by Gasteiger charge is -2.19. The van der Waals surface area contributed by atoms with Crippen LogP contribution in [0.2, 0.25) is 0 Å². The molecule has 0 aromatic rings. The third kappa shape index (κ3) is 10.7. The summed E-state index contributed by atoms with van der Waals surface area (Å²) in [6.07, 6.45) is -0.0424. The Hall–Kier alpha value is -1.15. The summed E-state index contributed by atoms with van der Waals surface area (Å²) >= 11 is 0. The fraction of sp³-hybridized carbons (Fsp3) is 0.833. The van der Waals surface area contributed by atoms with E-state index >= 15 is 0 Å². The van der Waals surface area contributed by atoms with Crippen LogP contribution in [0.5, 0.6) is 0 Å². The van der Waals surface area contributed by atoms with Crippen LogP contribution in [0.25, 0.3) is 0 Å². The van der Waals surface area contributed by atoms with Crippen LogP contribution in [0.4, 0.5) is 0 Å². The number of carbonyl (C=O) groups is 2. The third-order valence-corrected chi connectivity index (χ3v) is 3.50. The predicted octanol–water partition coefficient (Wildman–Crippen LogP) is 0.164. The molecular weight excluding hydrogens is 284 g/mol. The molecule has 0 radical (unpaired) electrons. The Balaban J connectivity index is 3.88. The van der Waals surface area contributed by atoms with Gasteiger partial charge in [0.25, 0.3) is 0 Å². The molecule has 0 heterocycles. The highest BCUT2D eigenvalue weighted by atomic mass is 32.2. The minimum atomic E-state index is -3.34. The number of ether oxygens (including phenoxy) is 1. The summed E-state index contributed by atoms with van der Waals surface area (Å²) in [4.78, 5) is 22.8. The molecule has 20 heavy (non-hydrogen) atoms. The molecule has 1 amide bonds. The van der Waals surface area contributed by atoms with E-state index in [0.29, 0.717) is 6.54 Å². The first kappa shape index (κ1) is 18.9. The Labute approximate surface area is 120 Å². The van der Waals surface area contributed by atoms with E-state index in [1.165, 1.54) is 0 Å². The maximum absolute atomic E-state index is 11.4. The number of sulfonamides is 1. The van der Waals surface area contributed by atoms with E-state index in [1.807, 2.05) is 0 Å². The molecule has 8 heteroatoms. The number of nitrogens with one attached hydrogen (secondary N) is 2. The van der Waals surface area contributed by atoms with E-state index in [-0.39, 0.29) is 31.0 Å². The van der Waals surface area contributed by atoms with Crippen molar-refractivity contribution in [2.24, 2.45) is 0 Å². The van der Waals surface area contributed by atoms with E-state index < -0.39 is 21.6 Å². The molecule has 0 unspecified atom stereocenters. The first-order valence-electron chi connectivity index (χ1n) is 6.51. The van der Waals surface area contributed by atoms with Crippen molar-refractivity contribution >= 4 is 21.9 Å². The van der Waals surface area contributed by atoms with Gasteiger partial charge >= 0.3 is 5.97 Å². The summed E-state index contributed by atoms with van der Waals surface area (Å²) in [5.41, 5.74) is -0.576.